The number of carbonyl (C=O) groups excluding carboxylic acids is 1. The van der Waals surface area contributed by atoms with Gasteiger partial charge in [0.05, 0.1) is 6.10 Å². The van der Waals surface area contributed by atoms with Crippen LogP contribution in [0.5, 0.6) is 0 Å². The fourth-order valence-electron chi connectivity index (χ4n) is 3.71. The Morgan fingerprint density at radius 3 is 2.71 bits per heavy atom. The van der Waals surface area contributed by atoms with Crippen molar-refractivity contribution in [3.05, 3.63) is 34.9 Å². The second-order valence-corrected chi connectivity index (χ2v) is 6.44. The number of rotatable bonds is 3. The molecule has 1 saturated heterocycles. The number of hydrogen-bond donors (Lipinski definition) is 1. The van der Waals surface area contributed by atoms with Crippen LogP contribution in [0.15, 0.2) is 18.2 Å². The first-order valence-corrected chi connectivity index (χ1v) is 8.28. The molecule has 2 aliphatic rings. The molecule has 1 atom stereocenters. The Morgan fingerprint density at radius 2 is 2.00 bits per heavy atom. The quantitative estimate of drug-likeness (QED) is 0.928. The number of carbonyl (C=O) groups is 1. The summed E-state index contributed by atoms with van der Waals surface area (Å²) in [4.78, 5) is 14.6. The number of benzene rings is 1. The van der Waals surface area contributed by atoms with Gasteiger partial charge in [-0.3, -0.25) is 4.79 Å². The SMILES string of the molecule is CCC(O)C1CCN(C(=O)c2ccc3c(c2)CCC3)CC1. The van der Waals surface area contributed by atoms with E-state index in [1.807, 2.05) is 17.9 Å². The molecule has 0 spiro atoms. The maximum atomic E-state index is 12.6. The molecule has 3 nitrogen and oxygen atoms in total. The highest BCUT2D eigenvalue weighted by Crippen LogP contribution is 2.26. The Kier molecular flexibility index (Phi) is 4.29. The first-order valence-electron chi connectivity index (χ1n) is 8.28. The van der Waals surface area contributed by atoms with E-state index in [9.17, 15) is 9.90 Å². The predicted octanol–water partition coefficient (Wildman–Crippen LogP) is 2.80. The molecule has 3 heteroatoms. The summed E-state index contributed by atoms with van der Waals surface area (Å²) in [6, 6.07) is 6.21. The van der Waals surface area contributed by atoms with Gasteiger partial charge in [0.15, 0.2) is 0 Å². The van der Waals surface area contributed by atoms with Crippen LogP contribution in [0, 0.1) is 5.92 Å². The van der Waals surface area contributed by atoms with Crippen molar-refractivity contribution in [2.75, 3.05) is 13.1 Å². The number of nitrogens with zero attached hydrogens (tertiary/aromatic N) is 1. The molecule has 1 heterocycles. The van der Waals surface area contributed by atoms with Gasteiger partial charge in [-0.15, -0.1) is 0 Å². The molecule has 114 valence electrons. The molecule has 0 aromatic heterocycles. The van der Waals surface area contributed by atoms with Gasteiger partial charge < -0.3 is 10.0 Å². The van der Waals surface area contributed by atoms with E-state index in [1.165, 1.54) is 17.5 Å². The number of hydrogen-bond acceptors (Lipinski definition) is 2. The van der Waals surface area contributed by atoms with E-state index in [4.69, 9.17) is 0 Å². The average molecular weight is 287 g/mol. The van der Waals surface area contributed by atoms with Crippen LogP contribution in [0.25, 0.3) is 0 Å². The molecule has 1 unspecified atom stereocenters. The lowest BCUT2D eigenvalue weighted by Gasteiger charge is -2.34. The molecule has 3 rings (SSSR count). The first-order chi connectivity index (χ1) is 10.2. The van der Waals surface area contributed by atoms with Crippen molar-refractivity contribution in [2.24, 2.45) is 5.92 Å². The summed E-state index contributed by atoms with van der Waals surface area (Å²) in [5, 5.41) is 9.93. The molecule has 1 aromatic carbocycles. The van der Waals surface area contributed by atoms with Crippen molar-refractivity contribution in [3.63, 3.8) is 0 Å². The van der Waals surface area contributed by atoms with Gasteiger partial charge in [0.2, 0.25) is 0 Å². The average Bonchev–Trinajstić information content (AvgIpc) is 3.01. The molecule has 1 aliphatic heterocycles. The number of amides is 1. The Balaban J connectivity index is 1.64. The van der Waals surface area contributed by atoms with Crippen LogP contribution in [-0.4, -0.2) is 35.1 Å². The van der Waals surface area contributed by atoms with E-state index in [0.29, 0.717) is 5.92 Å². The maximum Gasteiger partial charge on any atom is 0.253 e. The molecular formula is C18H25NO2. The Morgan fingerprint density at radius 1 is 1.29 bits per heavy atom. The van der Waals surface area contributed by atoms with Gasteiger partial charge in [-0.05, 0) is 67.7 Å². The molecule has 1 fully saturated rings. The van der Waals surface area contributed by atoms with Crippen LogP contribution in [-0.2, 0) is 12.8 Å². The molecule has 1 amide bonds. The second kappa shape index (κ2) is 6.18. The molecule has 0 saturated carbocycles. The maximum absolute atomic E-state index is 12.6. The van der Waals surface area contributed by atoms with Crippen molar-refractivity contribution in [1.82, 2.24) is 4.90 Å². The third-order valence-electron chi connectivity index (χ3n) is 5.13. The smallest absolute Gasteiger partial charge is 0.253 e. The third-order valence-corrected chi connectivity index (χ3v) is 5.13. The molecule has 21 heavy (non-hydrogen) atoms. The van der Waals surface area contributed by atoms with E-state index in [0.717, 1.165) is 50.8 Å². The van der Waals surface area contributed by atoms with Gasteiger partial charge in [0.25, 0.3) is 5.91 Å². The summed E-state index contributed by atoms with van der Waals surface area (Å²) < 4.78 is 0. The highest BCUT2D eigenvalue weighted by molar-refractivity contribution is 5.94. The van der Waals surface area contributed by atoms with Crippen LogP contribution in [0.1, 0.15) is 54.1 Å². The standard InChI is InChI=1S/C18H25NO2/c1-2-17(20)14-8-10-19(11-9-14)18(21)16-7-6-13-4-3-5-15(13)12-16/h6-7,12,14,17,20H,2-5,8-11H2,1H3. The zero-order valence-electron chi connectivity index (χ0n) is 12.8. The molecule has 1 aliphatic carbocycles. The topological polar surface area (TPSA) is 40.5 Å². The Bertz CT molecular complexity index is 518. The molecule has 1 aromatic rings. The van der Waals surface area contributed by atoms with Crippen LogP contribution < -0.4 is 0 Å². The summed E-state index contributed by atoms with van der Waals surface area (Å²) in [7, 11) is 0. The predicted molar refractivity (Wildman–Crippen MR) is 83.4 cm³/mol. The fourth-order valence-corrected chi connectivity index (χ4v) is 3.71. The highest BCUT2D eigenvalue weighted by atomic mass is 16.3. The molecule has 1 N–H and O–H groups in total. The van der Waals surface area contributed by atoms with E-state index in [2.05, 4.69) is 12.1 Å². The number of aryl methyl sites for hydroxylation is 2. The summed E-state index contributed by atoms with van der Waals surface area (Å²) in [6.45, 7) is 3.57. The van der Waals surface area contributed by atoms with E-state index in [1.54, 1.807) is 0 Å². The zero-order valence-corrected chi connectivity index (χ0v) is 12.8. The molecular weight excluding hydrogens is 262 g/mol. The van der Waals surface area contributed by atoms with Gasteiger partial charge in [-0.1, -0.05) is 13.0 Å². The number of aliphatic hydroxyl groups excluding tert-OH is 1. The van der Waals surface area contributed by atoms with Crippen LogP contribution in [0.4, 0.5) is 0 Å². The van der Waals surface area contributed by atoms with Crippen molar-refractivity contribution < 1.29 is 9.90 Å². The van der Waals surface area contributed by atoms with E-state index < -0.39 is 0 Å². The van der Waals surface area contributed by atoms with Crippen LogP contribution >= 0.6 is 0 Å². The van der Waals surface area contributed by atoms with Crippen LogP contribution in [0.3, 0.4) is 0 Å². The summed E-state index contributed by atoms with van der Waals surface area (Å²) in [6.07, 6.45) is 5.93. The number of piperidine rings is 1. The van der Waals surface area contributed by atoms with Gasteiger partial charge in [-0.25, -0.2) is 0 Å². The number of fused-ring (bicyclic) bond motifs is 1. The third kappa shape index (κ3) is 2.98. The molecule has 0 bridgehead atoms. The van der Waals surface area contributed by atoms with Gasteiger partial charge in [0.1, 0.15) is 0 Å². The van der Waals surface area contributed by atoms with E-state index in [-0.39, 0.29) is 12.0 Å². The first kappa shape index (κ1) is 14.6. The zero-order chi connectivity index (χ0) is 14.8. The minimum absolute atomic E-state index is 0.161. The Labute approximate surface area is 127 Å². The van der Waals surface area contributed by atoms with E-state index >= 15 is 0 Å². The van der Waals surface area contributed by atoms with Crippen LogP contribution in [0.2, 0.25) is 0 Å². The van der Waals surface area contributed by atoms with Crippen molar-refractivity contribution in [2.45, 2.75) is 51.6 Å². The van der Waals surface area contributed by atoms with Crippen molar-refractivity contribution >= 4 is 5.91 Å². The lowest BCUT2D eigenvalue weighted by molar-refractivity contribution is 0.0453. The monoisotopic (exact) mass is 287 g/mol. The summed E-state index contributed by atoms with van der Waals surface area (Å²) in [5.74, 6) is 0.521. The van der Waals surface area contributed by atoms with Gasteiger partial charge in [-0.2, -0.15) is 0 Å². The summed E-state index contributed by atoms with van der Waals surface area (Å²) >= 11 is 0. The molecule has 0 radical (unpaired) electrons. The lowest BCUT2D eigenvalue weighted by Crippen LogP contribution is -2.41. The largest absolute Gasteiger partial charge is 0.393 e. The number of aliphatic hydroxyl groups is 1. The van der Waals surface area contributed by atoms with Gasteiger partial charge in [0, 0.05) is 18.7 Å². The fraction of sp³-hybridized carbons (Fsp3) is 0.611. The minimum atomic E-state index is -0.206. The highest BCUT2D eigenvalue weighted by Gasteiger charge is 2.27. The minimum Gasteiger partial charge on any atom is -0.393 e. The van der Waals surface area contributed by atoms with Crippen molar-refractivity contribution in [1.29, 1.82) is 0 Å². The normalized spacial score (nSPS) is 20.4. The van der Waals surface area contributed by atoms with Crippen molar-refractivity contribution in [3.8, 4) is 0 Å². The second-order valence-electron chi connectivity index (χ2n) is 6.44. The summed E-state index contributed by atoms with van der Waals surface area (Å²) in [5.41, 5.74) is 3.61. The Hall–Kier alpha value is -1.35. The number of likely N-dealkylation sites (tertiary alicyclic amines) is 1. The van der Waals surface area contributed by atoms with Gasteiger partial charge >= 0.3 is 0 Å². The lowest BCUT2D eigenvalue weighted by atomic mass is 9.89.